The zero-order valence-electron chi connectivity index (χ0n) is 26.8. The fraction of sp³-hybridized carbons (Fsp3) is 0.394. The predicted octanol–water partition coefficient (Wildman–Crippen LogP) is 4.19. The third-order valence-corrected chi connectivity index (χ3v) is 7.90. The molecule has 1 unspecified atom stereocenters. The van der Waals surface area contributed by atoms with Crippen molar-refractivity contribution in [1.29, 1.82) is 0 Å². The molecule has 0 saturated heterocycles. The molecule has 4 rings (SSSR count). The van der Waals surface area contributed by atoms with Crippen LogP contribution in [0.3, 0.4) is 0 Å². The number of rotatable bonds is 11. The number of aromatic amines is 2. The molecule has 0 bridgehead atoms. The van der Waals surface area contributed by atoms with Crippen molar-refractivity contribution < 1.29 is 9.59 Å². The summed E-state index contributed by atoms with van der Waals surface area (Å²) in [6, 6.07) is 16.2. The number of nitrogens with one attached hydrogen (secondary N) is 6. The Bertz CT molecular complexity index is 1580. The first-order chi connectivity index (χ1) is 20.6. The summed E-state index contributed by atoms with van der Waals surface area (Å²) in [4.78, 5) is 40.9. The Morgan fingerprint density at radius 3 is 1.75 bits per heavy atom. The highest BCUT2D eigenvalue weighted by molar-refractivity contribution is 5.86. The van der Waals surface area contributed by atoms with E-state index in [0.29, 0.717) is 18.2 Å². The Morgan fingerprint density at radius 2 is 1.25 bits per heavy atom. The number of hydrogen-bond acceptors (Lipinski definition) is 7. The Hall–Kier alpha value is -4.32. The normalized spacial score (nSPS) is 13.0. The van der Waals surface area contributed by atoms with E-state index in [1.54, 1.807) is 33.3 Å². The third kappa shape index (κ3) is 7.42. The van der Waals surface area contributed by atoms with Gasteiger partial charge in [-0.2, -0.15) is 0 Å². The highest BCUT2D eigenvalue weighted by Crippen LogP contribution is 2.33. The van der Waals surface area contributed by atoms with Crippen LogP contribution in [-0.2, 0) is 16.1 Å². The molecule has 8 N–H and O–H groups in total. The van der Waals surface area contributed by atoms with E-state index in [4.69, 9.17) is 5.84 Å². The molecule has 0 aliphatic carbocycles. The van der Waals surface area contributed by atoms with Crippen molar-refractivity contribution >= 4 is 11.8 Å². The molecular weight excluding hydrogens is 554 g/mol. The molecule has 11 nitrogen and oxygen atoms in total. The van der Waals surface area contributed by atoms with Crippen LogP contribution in [0.2, 0.25) is 0 Å². The molecule has 0 saturated carbocycles. The Kier molecular flexibility index (Phi) is 9.43. The van der Waals surface area contributed by atoms with Gasteiger partial charge in [0.15, 0.2) is 0 Å². The van der Waals surface area contributed by atoms with Gasteiger partial charge < -0.3 is 25.9 Å². The topological polar surface area (TPSA) is 166 Å². The average molecular weight is 600 g/mol. The van der Waals surface area contributed by atoms with E-state index in [2.05, 4.69) is 98.5 Å². The molecule has 44 heavy (non-hydrogen) atoms. The second-order valence-corrected chi connectivity index (χ2v) is 13.2. The van der Waals surface area contributed by atoms with Gasteiger partial charge in [-0.05, 0) is 62.4 Å². The quantitative estimate of drug-likeness (QED) is 0.100. The number of hydrogen-bond donors (Lipinski definition) is 7. The van der Waals surface area contributed by atoms with Crippen LogP contribution in [0.4, 0.5) is 0 Å². The number of hydrazine groups is 1. The third-order valence-electron chi connectivity index (χ3n) is 7.90. The van der Waals surface area contributed by atoms with E-state index in [1.807, 2.05) is 26.0 Å². The first-order valence-electron chi connectivity index (χ1n) is 14.7. The van der Waals surface area contributed by atoms with Crippen molar-refractivity contribution in [1.82, 2.24) is 41.3 Å². The predicted molar refractivity (Wildman–Crippen MR) is 174 cm³/mol. The van der Waals surface area contributed by atoms with Crippen LogP contribution in [0.25, 0.3) is 33.6 Å². The van der Waals surface area contributed by atoms with Crippen LogP contribution in [0, 0.1) is 5.41 Å². The van der Waals surface area contributed by atoms with Crippen molar-refractivity contribution in [3.8, 4) is 33.6 Å². The number of carbonyl (C=O) groups excluding carboxylic acids is 2. The van der Waals surface area contributed by atoms with Crippen molar-refractivity contribution in [2.24, 2.45) is 11.3 Å². The van der Waals surface area contributed by atoms with Crippen LogP contribution >= 0.6 is 0 Å². The monoisotopic (exact) mass is 599 g/mol. The first-order valence-corrected chi connectivity index (χ1v) is 14.7. The summed E-state index contributed by atoms with van der Waals surface area (Å²) in [5.74, 6) is 6.65. The van der Waals surface area contributed by atoms with Gasteiger partial charge in [-0.25, -0.2) is 15.4 Å². The second-order valence-electron chi connectivity index (χ2n) is 13.2. The molecule has 0 spiro atoms. The molecule has 2 aromatic carbocycles. The number of H-pyrrole nitrogens is 2. The molecule has 2 aromatic heterocycles. The number of nitrogens with zero attached hydrogens (tertiary/aromatic N) is 2. The average Bonchev–Trinajstić information content (AvgIpc) is 3.68. The van der Waals surface area contributed by atoms with Gasteiger partial charge in [-0.3, -0.25) is 15.4 Å². The van der Waals surface area contributed by atoms with Gasteiger partial charge in [0.2, 0.25) is 11.8 Å². The van der Waals surface area contributed by atoms with E-state index < -0.39 is 11.1 Å². The van der Waals surface area contributed by atoms with Crippen LogP contribution in [0.1, 0.15) is 66.2 Å². The lowest BCUT2D eigenvalue weighted by atomic mass is 9.85. The summed E-state index contributed by atoms with van der Waals surface area (Å²) in [5.41, 5.74) is 6.60. The lowest BCUT2D eigenvalue weighted by molar-refractivity contribution is -0.128. The van der Waals surface area contributed by atoms with Gasteiger partial charge in [-0.1, -0.05) is 69.3 Å². The summed E-state index contributed by atoms with van der Waals surface area (Å²) in [6.45, 7) is 13.6. The van der Waals surface area contributed by atoms with E-state index in [1.165, 1.54) is 0 Å². The lowest BCUT2D eigenvalue weighted by Crippen LogP contribution is -2.57. The Balaban J connectivity index is 1.44. The smallest absolute Gasteiger partial charge is 0.241 e. The SMILES string of the molecule is CNC(C)(C)C(=O)NCc1ncc(-c2ccc(-c3ccc(-c4cnc(C(NC(=O)C(C)(C)NN)C(C)(C)C)[nH]4)cc3)cc2)[nH]1. The van der Waals surface area contributed by atoms with Crippen LogP contribution in [-0.4, -0.2) is 49.9 Å². The summed E-state index contributed by atoms with van der Waals surface area (Å²) >= 11 is 0. The summed E-state index contributed by atoms with van der Waals surface area (Å²) in [7, 11) is 1.76. The molecule has 0 aliphatic rings. The molecule has 2 heterocycles. The Morgan fingerprint density at radius 1 is 0.750 bits per heavy atom. The van der Waals surface area contributed by atoms with Gasteiger partial charge in [0.05, 0.1) is 41.9 Å². The molecule has 2 amide bonds. The van der Waals surface area contributed by atoms with Crippen LogP contribution in [0.5, 0.6) is 0 Å². The maximum Gasteiger partial charge on any atom is 0.241 e. The summed E-state index contributed by atoms with van der Waals surface area (Å²) in [5, 5.41) is 9.00. The second kappa shape index (κ2) is 12.7. The number of benzene rings is 2. The number of imidazole rings is 2. The lowest BCUT2D eigenvalue weighted by Gasteiger charge is -2.33. The molecule has 0 aliphatic heterocycles. The van der Waals surface area contributed by atoms with Crippen LogP contribution < -0.4 is 27.2 Å². The first kappa shape index (κ1) is 32.6. The molecular formula is C33H45N9O2. The van der Waals surface area contributed by atoms with Crippen LogP contribution in [0.15, 0.2) is 60.9 Å². The van der Waals surface area contributed by atoms with Crippen molar-refractivity contribution in [2.75, 3.05) is 7.05 Å². The molecule has 4 aromatic rings. The van der Waals surface area contributed by atoms with Crippen molar-refractivity contribution in [3.63, 3.8) is 0 Å². The van der Waals surface area contributed by atoms with E-state index in [0.717, 1.165) is 33.6 Å². The van der Waals surface area contributed by atoms with Gasteiger partial charge in [0.25, 0.3) is 0 Å². The zero-order chi connectivity index (χ0) is 32.3. The molecule has 0 fully saturated rings. The standard InChI is InChI=1S/C33H45N9O2/c1-31(2,3)27(41-30(44)33(6,7)42-34)28-37-18-25(40-28)23-15-11-21(12-16-23)20-9-13-22(14-10-20)24-17-36-26(39-24)19-38-29(43)32(4,5)35-8/h9-18,27,35,42H,19,34H2,1-8H3,(H,36,39)(H,37,40)(H,38,43)(H,41,44). The minimum absolute atomic E-state index is 0.0934. The number of carbonyl (C=O) groups is 2. The molecule has 1 atom stereocenters. The van der Waals surface area contributed by atoms with Gasteiger partial charge in [0, 0.05) is 0 Å². The highest BCUT2D eigenvalue weighted by atomic mass is 16.2. The fourth-order valence-electron chi connectivity index (χ4n) is 4.48. The molecule has 234 valence electrons. The van der Waals surface area contributed by atoms with Gasteiger partial charge in [0.1, 0.15) is 17.2 Å². The number of amides is 2. The largest absolute Gasteiger partial charge is 0.347 e. The van der Waals surface area contributed by atoms with Gasteiger partial charge in [-0.15, -0.1) is 0 Å². The maximum absolute atomic E-state index is 12.9. The minimum atomic E-state index is -0.920. The fourth-order valence-corrected chi connectivity index (χ4v) is 4.48. The number of likely N-dealkylation sites (N-methyl/N-ethyl adjacent to an activating group) is 1. The van der Waals surface area contributed by atoms with E-state index >= 15 is 0 Å². The number of nitrogens with two attached hydrogens (primary N) is 1. The van der Waals surface area contributed by atoms with E-state index in [-0.39, 0.29) is 23.3 Å². The maximum atomic E-state index is 12.9. The van der Waals surface area contributed by atoms with Gasteiger partial charge >= 0.3 is 0 Å². The highest BCUT2D eigenvalue weighted by Gasteiger charge is 2.35. The van der Waals surface area contributed by atoms with E-state index in [9.17, 15) is 9.59 Å². The molecule has 11 heteroatoms. The van der Waals surface area contributed by atoms with Crippen molar-refractivity contribution in [3.05, 3.63) is 72.6 Å². The summed E-state index contributed by atoms with van der Waals surface area (Å²) in [6.07, 6.45) is 3.57. The Labute approximate surface area is 259 Å². The number of aromatic nitrogens is 4. The molecule has 0 radical (unpaired) electrons. The van der Waals surface area contributed by atoms with Crippen molar-refractivity contribution in [2.45, 2.75) is 72.1 Å². The summed E-state index contributed by atoms with van der Waals surface area (Å²) < 4.78 is 0. The zero-order valence-corrected chi connectivity index (χ0v) is 26.8. The minimum Gasteiger partial charge on any atom is -0.347 e.